The van der Waals surface area contributed by atoms with Gasteiger partial charge in [0, 0.05) is 17.4 Å². The summed E-state index contributed by atoms with van der Waals surface area (Å²) in [6.45, 7) is -0.0393. The number of nitrogens with zero attached hydrogens (tertiary/aromatic N) is 4. The van der Waals surface area contributed by atoms with Crippen LogP contribution in [0, 0.1) is 17.7 Å². The second-order valence-corrected chi connectivity index (χ2v) is 7.31. The molecule has 0 amide bonds. The molecule has 27 heavy (non-hydrogen) atoms. The molecule has 0 N–H and O–H groups in total. The highest BCUT2D eigenvalue weighted by molar-refractivity contribution is 6.34. The van der Waals surface area contributed by atoms with Crippen molar-refractivity contribution >= 4 is 22.5 Å². The molecule has 3 heterocycles. The smallest absolute Gasteiger partial charge is 0.295 e. The van der Waals surface area contributed by atoms with E-state index in [0.29, 0.717) is 17.6 Å². The second-order valence-electron chi connectivity index (χ2n) is 6.95. The van der Waals surface area contributed by atoms with Crippen LogP contribution >= 0.6 is 11.6 Å². The standard InChI is InChI=1S/C18H15ClF2N4O2/c19-17-10-6-22-25(16-11-8-27-13(5-20)14(11)16)18(26)15(10)23-24(17)7-9-3-1-2-4-12(9)21/h1-4,6,11,13-14,16H,5,7-8H2/t11-,13+,14-,16+/m1/s1. The third kappa shape index (κ3) is 2.50. The Morgan fingerprint density at radius 3 is 2.93 bits per heavy atom. The fraction of sp³-hybridized carbons (Fsp3) is 0.389. The number of benzene rings is 1. The Morgan fingerprint density at radius 1 is 1.33 bits per heavy atom. The van der Waals surface area contributed by atoms with Gasteiger partial charge in [0.05, 0.1) is 36.9 Å². The number of aromatic nitrogens is 4. The first kappa shape index (κ1) is 16.8. The highest BCUT2D eigenvalue weighted by Gasteiger charge is 2.61. The molecule has 0 bridgehead atoms. The Balaban J connectivity index is 1.52. The van der Waals surface area contributed by atoms with E-state index in [1.165, 1.54) is 21.6 Å². The molecule has 2 aliphatic rings. The van der Waals surface area contributed by atoms with E-state index in [2.05, 4.69) is 10.2 Å². The van der Waals surface area contributed by atoms with Crippen LogP contribution < -0.4 is 5.56 Å². The molecule has 1 aliphatic carbocycles. The molecule has 4 atom stereocenters. The van der Waals surface area contributed by atoms with Crippen molar-refractivity contribution in [2.75, 3.05) is 13.3 Å². The highest BCUT2D eigenvalue weighted by Crippen LogP contribution is 2.56. The molecular formula is C18H15ClF2N4O2. The third-order valence-electron chi connectivity index (χ3n) is 5.48. The summed E-state index contributed by atoms with van der Waals surface area (Å²) < 4.78 is 35.0. The van der Waals surface area contributed by atoms with E-state index in [0.717, 1.165) is 0 Å². The van der Waals surface area contributed by atoms with Gasteiger partial charge in [-0.1, -0.05) is 29.8 Å². The van der Waals surface area contributed by atoms with Gasteiger partial charge in [-0.2, -0.15) is 10.2 Å². The van der Waals surface area contributed by atoms with Crippen molar-refractivity contribution < 1.29 is 13.5 Å². The van der Waals surface area contributed by atoms with Crippen molar-refractivity contribution in [2.24, 2.45) is 11.8 Å². The minimum atomic E-state index is -0.572. The summed E-state index contributed by atoms with van der Waals surface area (Å²) in [5.74, 6) is -0.301. The van der Waals surface area contributed by atoms with Crippen molar-refractivity contribution in [2.45, 2.75) is 18.7 Å². The molecule has 3 aromatic rings. The average molecular weight is 393 g/mol. The fourth-order valence-corrected chi connectivity index (χ4v) is 4.27. The molecule has 5 rings (SSSR count). The van der Waals surface area contributed by atoms with Gasteiger partial charge in [0.1, 0.15) is 17.6 Å². The molecule has 140 valence electrons. The molecule has 1 saturated heterocycles. The topological polar surface area (TPSA) is 61.9 Å². The fourth-order valence-electron chi connectivity index (χ4n) is 4.04. The van der Waals surface area contributed by atoms with Crippen molar-refractivity contribution in [3.8, 4) is 0 Å². The number of hydrogen-bond donors (Lipinski definition) is 0. The lowest BCUT2D eigenvalue weighted by atomic mass is 10.2. The van der Waals surface area contributed by atoms with Gasteiger partial charge in [-0.25, -0.2) is 18.1 Å². The Kier molecular flexibility index (Phi) is 3.80. The predicted octanol–water partition coefficient (Wildman–Crippen LogP) is 2.59. The Labute approximate surface area is 157 Å². The van der Waals surface area contributed by atoms with Crippen LogP contribution in [-0.4, -0.2) is 38.9 Å². The van der Waals surface area contributed by atoms with Gasteiger partial charge in [-0.3, -0.25) is 4.79 Å². The SMILES string of the molecule is O=c1c2nn(Cc3ccccc3F)c(Cl)c2cnn1[C@H]1[C@@H]2CO[C@@H](CF)[C@@H]21. The van der Waals surface area contributed by atoms with Crippen LogP contribution in [0.4, 0.5) is 8.78 Å². The van der Waals surface area contributed by atoms with Gasteiger partial charge >= 0.3 is 0 Å². The number of ether oxygens (including phenoxy) is 1. The van der Waals surface area contributed by atoms with Crippen LogP contribution in [0.5, 0.6) is 0 Å². The van der Waals surface area contributed by atoms with E-state index < -0.39 is 12.8 Å². The van der Waals surface area contributed by atoms with Crippen molar-refractivity contribution in [1.29, 1.82) is 0 Å². The molecule has 9 heteroatoms. The lowest BCUT2D eigenvalue weighted by Crippen LogP contribution is -2.27. The molecular weight excluding hydrogens is 378 g/mol. The Hall–Kier alpha value is -2.32. The van der Waals surface area contributed by atoms with E-state index in [-0.39, 0.29) is 46.5 Å². The molecule has 1 saturated carbocycles. The van der Waals surface area contributed by atoms with E-state index in [4.69, 9.17) is 16.3 Å². The van der Waals surface area contributed by atoms with Gasteiger partial charge < -0.3 is 4.74 Å². The molecule has 0 unspecified atom stereocenters. The zero-order valence-corrected chi connectivity index (χ0v) is 14.8. The molecule has 0 spiro atoms. The number of fused-ring (bicyclic) bond motifs is 2. The van der Waals surface area contributed by atoms with E-state index in [9.17, 15) is 13.6 Å². The molecule has 1 aliphatic heterocycles. The van der Waals surface area contributed by atoms with Gasteiger partial charge in [0.15, 0.2) is 5.52 Å². The number of rotatable bonds is 4. The highest BCUT2D eigenvalue weighted by atomic mass is 35.5. The van der Waals surface area contributed by atoms with Crippen molar-refractivity contribution in [1.82, 2.24) is 19.6 Å². The normalized spacial score (nSPS) is 26.5. The van der Waals surface area contributed by atoms with Crippen LogP contribution in [-0.2, 0) is 11.3 Å². The first-order chi connectivity index (χ1) is 13.1. The molecule has 1 aromatic carbocycles. The summed E-state index contributed by atoms with van der Waals surface area (Å²) in [5.41, 5.74) is 0.216. The van der Waals surface area contributed by atoms with E-state index in [1.54, 1.807) is 18.2 Å². The van der Waals surface area contributed by atoms with Gasteiger partial charge in [0.2, 0.25) is 0 Å². The van der Waals surface area contributed by atoms with Crippen molar-refractivity contribution in [3.63, 3.8) is 0 Å². The zero-order valence-electron chi connectivity index (χ0n) is 14.1. The largest absolute Gasteiger partial charge is 0.375 e. The first-order valence-corrected chi connectivity index (χ1v) is 9.02. The summed E-state index contributed by atoms with van der Waals surface area (Å²) in [7, 11) is 0. The minimum Gasteiger partial charge on any atom is -0.375 e. The molecule has 6 nitrogen and oxygen atoms in total. The van der Waals surface area contributed by atoms with Gasteiger partial charge in [-0.15, -0.1) is 0 Å². The Bertz CT molecular complexity index is 1100. The quantitative estimate of drug-likeness (QED) is 0.684. The maximum absolute atomic E-state index is 13.9. The lowest BCUT2D eigenvalue weighted by molar-refractivity contribution is 0.0490. The Morgan fingerprint density at radius 2 is 2.15 bits per heavy atom. The van der Waals surface area contributed by atoms with Crippen LogP contribution in [0.15, 0.2) is 35.3 Å². The van der Waals surface area contributed by atoms with Gasteiger partial charge in [-0.05, 0) is 6.07 Å². The number of halogens is 3. The summed E-state index contributed by atoms with van der Waals surface area (Å²) in [5, 5.41) is 9.17. The lowest BCUT2D eigenvalue weighted by Gasteiger charge is -2.12. The van der Waals surface area contributed by atoms with Crippen LogP contribution in [0.25, 0.3) is 10.9 Å². The number of alkyl halides is 1. The third-order valence-corrected chi connectivity index (χ3v) is 5.88. The minimum absolute atomic E-state index is 0.0337. The van der Waals surface area contributed by atoms with Gasteiger partial charge in [0.25, 0.3) is 5.56 Å². The summed E-state index contributed by atoms with van der Waals surface area (Å²) >= 11 is 6.34. The van der Waals surface area contributed by atoms with Crippen LogP contribution in [0.1, 0.15) is 11.6 Å². The maximum Gasteiger partial charge on any atom is 0.295 e. The first-order valence-electron chi connectivity index (χ1n) is 8.65. The summed E-state index contributed by atoms with van der Waals surface area (Å²) in [6.07, 6.45) is 1.01. The van der Waals surface area contributed by atoms with Crippen molar-refractivity contribution in [3.05, 3.63) is 57.3 Å². The molecule has 2 aromatic heterocycles. The summed E-state index contributed by atoms with van der Waals surface area (Å²) in [6, 6.07) is 6.14. The van der Waals surface area contributed by atoms with E-state index >= 15 is 0 Å². The predicted molar refractivity (Wildman–Crippen MR) is 94.0 cm³/mol. The second kappa shape index (κ2) is 6.10. The summed E-state index contributed by atoms with van der Waals surface area (Å²) in [4.78, 5) is 12.9. The zero-order chi connectivity index (χ0) is 18.7. The van der Waals surface area contributed by atoms with Crippen LogP contribution in [0.3, 0.4) is 0 Å². The van der Waals surface area contributed by atoms with E-state index in [1.807, 2.05) is 0 Å². The van der Waals surface area contributed by atoms with Crippen LogP contribution in [0.2, 0.25) is 5.15 Å². The molecule has 2 fully saturated rings. The average Bonchev–Trinajstić information content (AvgIpc) is 3.05. The number of hydrogen-bond acceptors (Lipinski definition) is 4. The molecule has 0 radical (unpaired) electrons. The maximum atomic E-state index is 13.9. The monoisotopic (exact) mass is 392 g/mol.